The molecule has 0 aliphatic heterocycles. The summed E-state index contributed by atoms with van der Waals surface area (Å²) in [6.45, 7) is 1.91. The van der Waals surface area contributed by atoms with Gasteiger partial charge in [0.25, 0.3) is 0 Å². The van der Waals surface area contributed by atoms with Crippen LogP contribution in [0.2, 0.25) is 0 Å². The predicted octanol–water partition coefficient (Wildman–Crippen LogP) is 2.25. The Balaban J connectivity index is 2.78. The minimum atomic E-state index is 0.673. The standard InChI is InChI=1S/C8H8N2OS/c1-5-3-6-7(11-5)9-4-10-8(6)12-2/h3-4H,1-2H3. The van der Waals surface area contributed by atoms with E-state index in [0.717, 1.165) is 16.2 Å². The number of thioether (sulfide) groups is 1. The van der Waals surface area contributed by atoms with Crippen LogP contribution in [0.3, 0.4) is 0 Å². The number of hydrogen-bond donors (Lipinski definition) is 0. The molecule has 0 unspecified atom stereocenters. The monoisotopic (exact) mass is 180 g/mol. The highest BCUT2D eigenvalue weighted by Crippen LogP contribution is 2.24. The molecule has 0 aliphatic rings. The molecule has 0 bridgehead atoms. The molecule has 2 rings (SSSR count). The Kier molecular flexibility index (Phi) is 1.77. The van der Waals surface area contributed by atoms with E-state index in [1.807, 2.05) is 19.2 Å². The van der Waals surface area contributed by atoms with Crippen molar-refractivity contribution in [2.75, 3.05) is 6.26 Å². The second-order valence-corrected chi connectivity index (χ2v) is 3.25. The van der Waals surface area contributed by atoms with Crippen LogP contribution in [0, 0.1) is 6.92 Å². The maximum atomic E-state index is 5.35. The van der Waals surface area contributed by atoms with Crippen LogP contribution in [-0.4, -0.2) is 16.2 Å². The van der Waals surface area contributed by atoms with Gasteiger partial charge >= 0.3 is 0 Å². The van der Waals surface area contributed by atoms with E-state index in [-0.39, 0.29) is 0 Å². The number of aromatic nitrogens is 2. The highest BCUT2D eigenvalue weighted by molar-refractivity contribution is 7.98. The van der Waals surface area contributed by atoms with Crippen LogP contribution in [0.4, 0.5) is 0 Å². The Morgan fingerprint density at radius 2 is 2.25 bits per heavy atom. The van der Waals surface area contributed by atoms with Crippen LogP contribution < -0.4 is 0 Å². The Morgan fingerprint density at radius 1 is 1.42 bits per heavy atom. The lowest BCUT2D eigenvalue weighted by atomic mass is 10.4. The Hall–Kier alpha value is -1.03. The van der Waals surface area contributed by atoms with Crippen molar-refractivity contribution in [2.45, 2.75) is 11.9 Å². The summed E-state index contributed by atoms with van der Waals surface area (Å²) in [5, 5.41) is 1.97. The SMILES string of the molecule is CSc1ncnc2oc(C)cc12. The Morgan fingerprint density at radius 3 is 3.00 bits per heavy atom. The number of nitrogens with zero attached hydrogens (tertiary/aromatic N) is 2. The van der Waals surface area contributed by atoms with Gasteiger partial charge in [0.2, 0.25) is 5.71 Å². The fourth-order valence-electron chi connectivity index (χ4n) is 1.12. The summed E-state index contributed by atoms with van der Waals surface area (Å²) in [5.74, 6) is 0.876. The average Bonchev–Trinajstić information content (AvgIpc) is 2.44. The molecule has 2 aromatic rings. The molecule has 12 heavy (non-hydrogen) atoms. The van der Waals surface area contributed by atoms with Gasteiger partial charge in [-0.3, -0.25) is 0 Å². The molecule has 3 nitrogen and oxygen atoms in total. The first-order valence-corrected chi connectivity index (χ1v) is 4.79. The van der Waals surface area contributed by atoms with Gasteiger partial charge in [-0.05, 0) is 19.2 Å². The summed E-state index contributed by atoms with van der Waals surface area (Å²) in [6, 6.07) is 1.96. The van der Waals surface area contributed by atoms with E-state index in [4.69, 9.17) is 4.42 Å². The molecule has 0 atom stereocenters. The molecule has 0 radical (unpaired) electrons. The van der Waals surface area contributed by atoms with Crippen molar-refractivity contribution in [3.05, 3.63) is 18.2 Å². The second-order valence-electron chi connectivity index (χ2n) is 2.46. The van der Waals surface area contributed by atoms with E-state index in [2.05, 4.69) is 9.97 Å². The van der Waals surface area contributed by atoms with Gasteiger partial charge in [-0.15, -0.1) is 11.8 Å². The first-order chi connectivity index (χ1) is 5.81. The van der Waals surface area contributed by atoms with E-state index in [1.165, 1.54) is 6.33 Å². The maximum absolute atomic E-state index is 5.35. The summed E-state index contributed by atoms with van der Waals surface area (Å²) >= 11 is 1.60. The molecule has 0 fully saturated rings. The van der Waals surface area contributed by atoms with Crippen LogP contribution in [0.1, 0.15) is 5.76 Å². The van der Waals surface area contributed by atoms with Crippen molar-refractivity contribution in [2.24, 2.45) is 0 Å². The van der Waals surface area contributed by atoms with Gasteiger partial charge in [0.1, 0.15) is 17.1 Å². The lowest BCUT2D eigenvalue weighted by Crippen LogP contribution is -1.81. The molecule has 0 amide bonds. The lowest BCUT2D eigenvalue weighted by Gasteiger charge is -1.92. The molecule has 2 aromatic heterocycles. The van der Waals surface area contributed by atoms with Gasteiger partial charge < -0.3 is 4.42 Å². The zero-order valence-electron chi connectivity index (χ0n) is 6.87. The van der Waals surface area contributed by atoms with E-state index < -0.39 is 0 Å². The molecule has 2 heterocycles. The van der Waals surface area contributed by atoms with E-state index in [0.29, 0.717) is 5.71 Å². The fraction of sp³-hybridized carbons (Fsp3) is 0.250. The minimum absolute atomic E-state index is 0.673. The molecule has 0 spiro atoms. The normalized spacial score (nSPS) is 10.8. The van der Waals surface area contributed by atoms with Crippen molar-refractivity contribution in [3.63, 3.8) is 0 Å². The van der Waals surface area contributed by atoms with Crippen molar-refractivity contribution >= 4 is 22.9 Å². The van der Waals surface area contributed by atoms with Crippen LogP contribution in [-0.2, 0) is 0 Å². The number of rotatable bonds is 1. The molecule has 0 saturated carbocycles. The molecule has 62 valence electrons. The zero-order chi connectivity index (χ0) is 8.55. The van der Waals surface area contributed by atoms with Crippen molar-refractivity contribution in [3.8, 4) is 0 Å². The van der Waals surface area contributed by atoms with Gasteiger partial charge in [-0.25, -0.2) is 9.97 Å². The maximum Gasteiger partial charge on any atom is 0.230 e. The molecular weight excluding hydrogens is 172 g/mol. The number of furan rings is 1. The van der Waals surface area contributed by atoms with Crippen LogP contribution in [0.25, 0.3) is 11.1 Å². The molecule has 4 heteroatoms. The number of fused-ring (bicyclic) bond motifs is 1. The number of aryl methyl sites for hydroxylation is 1. The second kappa shape index (κ2) is 2.79. The number of hydrogen-bond acceptors (Lipinski definition) is 4. The molecule has 0 aliphatic carbocycles. The Bertz CT molecular complexity index is 410. The van der Waals surface area contributed by atoms with Gasteiger partial charge in [0, 0.05) is 0 Å². The molecule has 0 N–H and O–H groups in total. The first kappa shape index (κ1) is 7.61. The van der Waals surface area contributed by atoms with Crippen molar-refractivity contribution in [1.29, 1.82) is 0 Å². The average molecular weight is 180 g/mol. The largest absolute Gasteiger partial charge is 0.443 e. The molecule has 0 aromatic carbocycles. The predicted molar refractivity (Wildman–Crippen MR) is 48.3 cm³/mol. The van der Waals surface area contributed by atoms with E-state index >= 15 is 0 Å². The van der Waals surface area contributed by atoms with Crippen molar-refractivity contribution < 1.29 is 4.42 Å². The third-order valence-corrected chi connectivity index (χ3v) is 2.32. The summed E-state index contributed by atoms with van der Waals surface area (Å²) in [6.07, 6.45) is 3.52. The third-order valence-electron chi connectivity index (χ3n) is 1.61. The Labute approximate surface area is 74.2 Å². The summed E-state index contributed by atoms with van der Waals surface area (Å²) in [7, 11) is 0. The summed E-state index contributed by atoms with van der Waals surface area (Å²) < 4.78 is 5.35. The topological polar surface area (TPSA) is 38.9 Å². The smallest absolute Gasteiger partial charge is 0.230 e. The molecule has 0 saturated heterocycles. The van der Waals surface area contributed by atoms with Gasteiger partial charge in [-0.1, -0.05) is 0 Å². The third kappa shape index (κ3) is 1.08. The quantitative estimate of drug-likeness (QED) is 0.498. The van der Waals surface area contributed by atoms with Gasteiger partial charge in [-0.2, -0.15) is 0 Å². The van der Waals surface area contributed by atoms with Crippen molar-refractivity contribution in [1.82, 2.24) is 9.97 Å². The minimum Gasteiger partial charge on any atom is -0.443 e. The lowest BCUT2D eigenvalue weighted by molar-refractivity contribution is 0.566. The van der Waals surface area contributed by atoms with Crippen LogP contribution >= 0.6 is 11.8 Å². The first-order valence-electron chi connectivity index (χ1n) is 3.56. The zero-order valence-corrected chi connectivity index (χ0v) is 7.68. The van der Waals surface area contributed by atoms with E-state index in [1.54, 1.807) is 11.8 Å². The summed E-state index contributed by atoms with van der Waals surface area (Å²) in [5.41, 5.74) is 0.673. The highest BCUT2D eigenvalue weighted by atomic mass is 32.2. The van der Waals surface area contributed by atoms with Crippen LogP contribution in [0.15, 0.2) is 21.8 Å². The van der Waals surface area contributed by atoms with Crippen LogP contribution in [0.5, 0.6) is 0 Å². The summed E-state index contributed by atoms with van der Waals surface area (Å²) in [4.78, 5) is 8.15. The molecular formula is C8H8N2OS. The van der Waals surface area contributed by atoms with Gasteiger partial charge in [0.15, 0.2) is 0 Å². The van der Waals surface area contributed by atoms with E-state index in [9.17, 15) is 0 Å². The fourth-order valence-corrected chi connectivity index (χ4v) is 1.64. The highest BCUT2D eigenvalue weighted by Gasteiger charge is 2.06. The van der Waals surface area contributed by atoms with Gasteiger partial charge in [0.05, 0.1) is 5.39 Å².